The predicted molar refractivity (Wildman–Crippen MR) is 78.9 cm³/mol. The van der Waals surface area contributed by atoms with Gasteiger partial charge in [-0.25, -0.2) is 4.39 Å². The van der Waals surface area contributed by atoms with Crippen molar-refractivity contribution in [3.05, 3.63) is 65.0 Å². The van der Waals surface area contributed by atoms with Gasteiger partial charge in [-0.2, -0.15) is 0 Å². The molecule has 0 saturated heterocycles. The Labute approximate surface area is 122 Å². The Morgan fingerprint density at radius 3 is 2.29 bits per heavy atom. The summed E-state index contributed by atoms with van der Waals surface area (Å²) in [6.45, 7) is 1.75. The van der Waals surface area contributed by atoms with Crippen LogP contribution in [0.3, 0.4) is 0 Å². The van der Waals surface area contributed by atoms with Crippen LogP contribution in [0.4, 0.5) is 10.1 Å². The summed E-state index contributed by atoms with van der Waals surface area (Å²) in [4.78, 5) is 23.8. The fraction of sp³-hybridized carbons (Fsp3) is 0.125. The first kappa shape index (κ1) is 14.7. The van der Waals surface area contributed by atoms with E-state index >= 15 is 0 Å². The summed E-state index contributed by atoms with van der Waals surface area (Å²) >= 11 is 0. The molecule has 4 nitrogen and oxygen atoms in total. The number of amides is 2. The third-order valence-electron chi connectivity index (χ3n) is 3.16. The van der Waals surface area contributed by atoms with Gasteiger partial charge in [-0.1, -0.05) is 6.07 Å². The van der Waals surface area contributed by atoms with Crippen LogP contribution >= 0.6 is 0 Å². The van der Waals surface area contributed by atoms with Crippen LogP contribution < -0.4 is 10.6 Å². The van der Waals surface area contributed by atoms with Crippen LogP contribution in [0, 0.1) is 12.7 Å². The molecule has 21 heavy (non-hydrogen) atoms. The SMILES string of the molecule is CNC(=O)c1cccc(NC(=O)c2ccc(F)cc2)c1C. The molecule has 5 heteroatoms. The van der Waals surface area contributed by atoms with Crippen molar-refractivity contribution in [3.63, 3.8) is 0 Å². The van der Waals surface area contributed by atoms with E-state index in [2.05, 4.69) is 10.6 Å². The molecule has 0 unspecified atom stereocenters. The van der Waals surface area contributed by atoms with Gasteiger partial charge in [0, 0.05) is 23.9 Å². The molecular formula is C16H15FN2O2. The van der Waals surface area contributed by atoms with E-state index in [0.717, 1.165) is 0 Å². The number of hydrogen-bond acceptors (Lipinski definition) is 2. The Hall–Kier alpha value is -2.69. The highest BCUT2D eigenvalue weighted by molar-refractivity contribution is 6.06. The van der Waals surface area contributed by atoms with Gasteiger partial charge in [-0.05, 0) is 48.9 Å². The van der Waals surface area contributed by atoms with Gasteiger partial charge in [0.15, 0.2) is 0 Å². The van der Waals surface area contributed by atoms with Crippen LogP contribution in [0.2, 0.25) is 0 Å². The maximum Gasteiger partial charge on any atom is 0.255 e. The Morgan fingerprint density at radius 1 is 1.00 bits per heavy atom. The van der Waals surface area contributed by atoms with E-state index in [1.165, 1.54) is 24.3 Å². The smallest absolute Gasteiger partial charge is 0.255 e. The van der Waals surface area contributed by atoms with Gasteiger partial charge < -0.3 is 10.6 Å². The molecular weight excluding hydrogens is 271 g/mol. The topological polar surface area (TPSA) is 58.2 Å². The second kappa shape index (κ2) is 6.17. The summed E-state index contributed by atoms with van der Waals surface area (Å²) < 4.78 is 12.8. The monoisotopic (exact) mass is 286 g/mol. The lowest BCUT2D eigenvalue weighted by Crippen LogP contribution is -2.20. The number of rotatable bonds is 3. The zero-order valence-electron chi connectivity index (χ0n) is 11.7. The molecule has 2 aromatic rings. The number of nitrogens with one attached hydrogen (secondary N) is 2. The minimum Gasteiger partial charge on any atom is -0.355 e. The van der Waals surface area contributed by atoms with Gasteiger partial charge in [0.1, 0.15) is 5.82 Å². The van der Waals surface area contributed by atoms with E-state index in [4.69, 9.17) is 0 Å². The Kier molecular flexibility index (Phi) is 4.33. The van der Waals surface area contributed by atoms with E-state index in [1.807, 2.05) is 0 Å². The highest BCUT2D eigenvalue weighted by atomic mass is 19.1. The van der Waals surface area contributed by atoms with Gasteiger partial charge in [0.25, 0.3) is 11.8 Å². The van der Waals surface area contributed by atoms with Gasteiger partial charge >= 0.3 is 0 Å². The summed E-state index contributed by atoms with van der Waals surface area (Å²) in [5, 5.41) is 5.27. The number of benzene rings is 2. The maximum absolute atomic E-state index is 12.8. The molecule has 0 aliphatic heterocycles. The number of anilines is 1. The standard InChI is InChI=1S/C16H15FN2O2/c1-10-13(16(21)18-2)4-3-5-14(10)19-15(20)11-6-8-12(17)9-7-11/h3-9H,1-2H3,(H,18,21)(H,19,20). The highest BCUT2D eigenvalue weighted by Crippen LogP contribution is 2.19. The van der Waals surface area contributed by atoms with Crippen LogP contribution in [-0.2, 0) is 0 Å². The fourth-order valence-corrected chi connectivity index (χ4v) is 1.95. The molecule has 2 amide bonds. The maximum atomic E-state index is 12.8. The number of carbonyl (C=O) groups is 2. The molecule has 2 rings (SSSR count). The summed E-state index contributed by atoms with van der Waals surface area (Å²) in [6, 6.07) is 10.3. The first-order valence-electron chi connectivity index (χ1n) is 6.41. The van der Waals surface area contributed by atoms with Crippen molar-refractivity contribution < 1.29 is 14.0 Å². The van der Waals surface area contributed by atoms with Crippen LogP contribution in [-0.4, -0.2) is 18.9 Å². The van der Waals surface area contributed by atoms with Crippen LogP contribution in [0.15, 0.2) is 42.5 Å². The molecule has 0 aliphatic carbocycles. The lowest BCUT2D eigenvalue weighted by Gasteiger charge is -2.11. The van der Waals surface area contributed by atoms with Crippen molar-refractivity contribution in [2.75, 3.05) is 12.4 Å². The lowest BCUT2D eigenvalue weighted by molar-refractivity contribution is 0.0960. The first-order valence-corrected chi connectivity index (χ1v) is 6.41. The van der Waals surface area contributed by atoms with E-state index in [1.54, 1.807) is 32.2 Å². The first-order chi connectivity index (χ1) is 10.0. The molecule has 2 N–H and O–H groups in total. The van der Waals surface area contributed by atoms with E-state index in [-0.39, 0.29) is 11.8 Å². The summed E-state index contributed by atoms with van der Waals surface area (Å²) in [5.74, 6) is -0.970. The average molecular weight is 286 g/mol. The van der Waals surface area contributed by atoms with E-state index in [0.29, 0.717) is 22.4 Å². The second-order valence-corrected chi connectivity index (χ2v) is 4.52. The Bertz CT molecular complexity index is 681. The van der Waals surface area contributed by atoms with Crippen molar-refractivity contribution in [1.82, 2.24) is 5.32 Å². The normalized spacial score (nSPS) is 10.0. The largest absolute Gasteiger partial charge is 0.355 e. The molecule has 0 atom stereocenters. The van der Waals surface area contributed by atoms with E-state index in [9.17, 15) is 14.0 Å². The van der Waals surface area contributed by atoms with Crippen LogP contribution in [0.1, 0.15) is 26.3 Å². The second-order valence-electron chi connectivity index (χ2n) is 4.52. The minimum atomic E-state index is -0.399. The Morgan fingerprint density at radius 2 is 1.67 bits per heavy atom. The summed E-state index contributed by atoms with van der Waals surface area (Å²) in [5.41, 5.74) is 2.06. The van der Waals surface area contributed by atoms with Crippen molar-refractivity contribution in [1.29, 1.82) is 0 Å². The molecule has 0 fully saturated rings. The molecule has 0 radical (unpaired) electrons. The summed E-state index contributed by atoms with van der Waals surface area (Å²) in [6.07, 6.45) is 0. The van der Waals surface area contributed by atoms with Crippen molar-refractivity contribution in [3.8, 4) is 0 Å². The molecule has 0 aromatic heterocycles. The number of hydrogen-bond donors (Lipinski definition) is 2. The number of carbonyl (C=O) groups excluding carboxylic acids is 2. The van der Waals surface area contributed by atoms with Crippen molar-refractivity contribution in [2.45, 2.75) is 6.92 Å². The van der Waals surface area contributed by atoms with Gasteiger partial charge in [0.05, 0.1) is 0 Å². The van der Waals surface area contributed by atoms with Gasteiger partial charge in [0.2, 0.25) is 0 Å². The fourth-order valence-electron chi connectivity index (χ4n) is 1.95. The quantitative estimate of drug-likeness (QED) is 0.911. The molecule has 0 saturated carbocycles. The van der Waals surface area contributed by atoms with Crippen molar-refractivity contribution >= 4 is 17.5 Å². The molecule has 0 aliphatic rings. The lowest BCUT2D eigenvalue weighted by atomic mass is 10.1. The molecule has 0 heterocycles. The van der Waals surface area contributed by atoms with Crippen molar-refractivity contribution in [2.24, 2.45) is 0 Å². The molecule has 108 valence electrons. The zero-order valence-corrected chi connectivity index (χ0v) is 11.7. The third-order valence-corrected chi connectivity index (χ3v) is 3.16. The number of halogens is 1. The predicted octanol–water partition coefficient (Wildman–Crippen LogP) is 2.75. The highest BCUT2D eigenvalue weighted by Gasteiger charge is 2.12. The molecule has 2 aromatic carbocycles. The summed E-state index contributed by atoms with van der Waals surface area (Å²) in [7, 11) is 1.55. The van der Waals surface area contributed by atoms with Gasteiger partial charge in [-0.15, -0.1) is 0 Å². The minimum absolute atomic E-state index is 0.217. The Balaban J connectivity index is 2.25. The third kappa shape index (κ3) is 3.25. The van der Waals surface area contributed by atoms with Crippen LogP contribution in [0.25, 0.3) is 0 Å². The average Bonchev–Trinajstić information content (AvgIpc) is 2.49. The molecule has 0 bridgehead atoms. The zero-order chi connectivity index (χ0) is 15.4. The van der Waals surface area contributed by atoms with Gasteiger partial charge in [-0.3, -0.25) is 9.59 Å². The molecule has 0 spiro atoms. The van der Waals surface area contributed by atoms with E-state index < -0.39 is 5.82 Å². The van der Waals surface area contributed by atoms with Crippen LogP contribution in [0.5, 0.6) is 0 Å².